The van der Waals surface area contributed by atoms with Crippen LogP contribution < -0.4 is 26.3 Å². The lowest BCUT2D eigenvalue weighted by molar-refractivity contribution is 0.0972. The summed E-state index contributed by atoms with van der Waals surface area (Å²) in [6.07, 6.45) is 0. The zero-order chi connectivity index (χ0) is 17.5. The van der Waals surface area contributed by atoms with E-state index in [4.69, 9.17) is 25.4 Å². The number of hydrogen-bond donors (Lipinski definition) is 3. The number of furan rings is 1. The van der Waals surface area contributed by atoms with Gasteiger partial charge in [-0.3, -0.25) is 4.79 Å². The molecule has 0 aliphatic heterocycles. The first kappa shape index (κ1) is 20.6. The van der Waals surface area contributed by atoms with Crippen LogP contribution in [0.4, 0.5) is 0 Å². The molecule has 0 unspecified atom stereocenters. The number of aliphatic imine (C=N–C) groups is 1. The number of ether oxygens (including phenoxy) is 2. The van der Waals surface area contributed by atoms with Crippen LogP contribution in [0.5, 0.6) is 11.5 Å². The van der Waals surface area contributed by atoms with E-state index in [2.05, 4.69) is 10.3 Å². The number of halogens is 1. The van der Waals surface area contributed by atoms with E-state index < -0.39 is 5.91 Å². The summed E-state index contributed by atoms with van der Waals surface area (Å²) in [6.45, 7) is 0.679. The van der Waals surface area contributed by atoms with Gasteiger partial charge in [0.1, 0.15) is 5.76 Å². The van der Waals surface area contributed by atoms with Gasteiger partial charge in [-0.2, -0.15) is 0 Å². The molecule has 2 rings (SSSR count). The number of benzene rings is 1. The lowest BCUT2D eigenvalue weighted by Gasteiger charge is -2.09. The van der Waals surface area contributed by atoms with Crippen LogP contribution in [0.3, 0.4) is 0 Å². The number of hydrogen-bond acceptors (Lipinski definition) is 5. The van der Waals surface area contributed by atoms with Crippen molar-refractivity contribution in [3.05, 3.63) is 47.4 Å². The van der Waals surface area contributed by atoms with Crippen LogP contribution >= 0.6 is 24.0 Å². The molecule has 9 heteroatoms. The van der Waals surface area contributed by atoms with E-state index in [0.29, 0.717) is 30.3 Å². The van der Waals surface area contributed by atoms with Gasteiger partial charge in [0.05, 0.1) is 27.3 Å². The van der Waals surface area contributed by atoms with Gasteiger partial charge in [-0.05, 0) is 29.8 Å². The summed E-state index contributed by atoms with van der Waals surface area (Å²) in [5.74, 6) is 1.56. The van der Waals surface area contributed by atoms with Crippen molar-refractivity contribution in [2.45, 2.75) is 13.1 Å². The number of methoxy groups -OCH3 is 2. The average Bonchev–Trinajstić information content (AvgIpc) is 3.07. The SMILES string of the molecule is COc1ccc(CN=C(N)NCc2ccc(C(N)=O)o2)cc1OC.I. The monoisotopic (exact) mass is 460 g/mol. The Morgan fingerprint density at radius 2 is 1.88 bits per heavy atom. The molecule has 0 saturated carbocycles. The molecule has 0 radical (unpaired) electrons. The lowest BCUT2D eigenvalue weighted by atomic mass is 10.2. The predicted octanol–water partition coefficient (Wildman–Crippen LogP) is 1.62. The van der Waals surface area contributed by atoms with Gasteiger partial charge in [0.25, 0.3) is 5.91 Å². The first-order chi connectivity index (χ1) is 11.5. The highest BCUT2D eigenvalue weighted by Crippen LogP contribution is 2.27. The summed E-state index contributed by atoms with van der Waals surface area (Å²) in [7, 11) is 3.15. The third-order valence-electron chi connectivity index (χ3n) is 3.23. The first-order valence-electron chi connectivity index (χ1n) is 7.16. The normalized spacial score (nSPS) is 10.7. The minimum Gasteiger partial charge on any atom is -0.493 e. The number of nitrogens with zero attached hydrogens (tertiary/aromatic N) is 1. The Balaban J connectivity index is 0.00000312. The van der Waals surface area contributed by atoms with Crippen LogP contribution in [0.25, 0.3) is 0 Å². The average molecular weight is 460 g/mol. The molecule has 0 spiro atoms. The summed E-state index contributed by atoms with van der Waals surface area (Å²) in [5, 5.41) is 2.90. The van der Waals surface area contributed by atoms with Crippen LogP contribution in [0, 0.1) is 0 Å². The van der Waals surface area contributed by atoms with E-state index in [1.54, 1.807) is 20.3 Å². The molecule has 0 fully saturated rings. The second-order valence-corrected chi connectivity index (χ2v) is 4.87. The van der Waals surface area contributed by atoms with Crippen molar-refractivity contribution in [2.24, 2.45) is 16.5 Å². The van der Waals surface area contributed by atoms with E-state index in [1.807, 2.05) is 18.2 Å². The van der Waals surface area contributed by atoms with E-state index in [-0.39, 0.29) is 35.7 Å². The molecule has 1 aromatic heterocycles. The Hall–Kier alpha value is -2.43. The van der Waals surface area contributed by atoms with Crippen LogP contribution in [0.2, 0.25) is 0 Å². The molecule has 8 nitrogen and oxygen atoms in total. The number of carbonyl (C=O) groups excluding carboxylic acids is 1. The van der Waals surface area contributed by atoms with E-state index >= 15 is 0 Å². The summed E-state index contributed by atoms with van der Waals surface area (Å²) in [6, 6.07) is 8.68. The van der Waals surface area contributed by atoms with Gasteiger partial charge in [-0.25, -0.2) is 4.99 Å². The highest BCUT2D eigenvalue weighted by atomic mass is 127. The van der Waals surface area contributed by atoms with Crippen LogP contribution in [0.15, 0.2) is 39.7 Å². The zero-order valence-electron chi connectivity index (χ0n) is 13.9. The molecule has 5 N–H and O–H groups in total. The fraction of sp³-hybridized carbons (Fsp3) is 0.250. The van der Waals surface area contributed by atoms with Gasteiger partial charge in [0.2, 0.25) is 0 Å². The van der Waals surface area contributed by atoms with Gasteiger partial charge in [-0.15, -0.1) is 24.0 Å². The molecule has 0 aliphatic carbocycles. The number of nitrogens with one attached hydrogen (secondary N) is 1. The van der Waals surface area contributed by atoms with E-state index in [1.165, 1.54) is 6.07 Å². The Bertz CT molecular complexity index is 745. The van der Waals surface area contributed by atoms with Crippen LogP contribution in [-0.2, 0) is 13.1 Å². The number of rotatable bonds is 7. The van der Waals surface area contributed by atoms with Crippen molar-refractivity contribution in [3.63, 3.8) is 0 Å². The van der Waals surface area contributed by atoms with Gasteiger partial charge in [-0.1, -0.05) is 6.07 Å². The Morgan fingerprint density at radius 3 is 2.48 bits per heavy atom. The summed E-state index contributed by atoms with van der Waals surface area (Å²) in [4.78, 5) is 15.2. The fourth-order valence-corrected chi connectivity index (χ4v) is 1.99. The molecule has 136 valence electrons. The van der Waals surface area contributed by atoms with Crippen LogP contribution in [-0.4, -0.2) is 26.1 Å². The lowest BCUT2D eigenvalue weighted by Crippen LogP contribution is -2.31. The molecule has 25 heavy (non-hydrogen) atoms. The number of primary amides is 1. The van der Waals surface area contributed by atoms with Gasteiger partial charge in [0, 0.05) is 0 Å². The highest BCUT2D eigenvalue weighted by Gasteiger charge is 2.07. The largest absolute Gasteiger partial charge is 0.493 e. The topological polar surface area (TPSA) is 125 Å². The third-order valence-corrected chi connectivity index (χ3v) is 3.23. The summed E-state index contributed by atoms with van der Waals surface area (Å²) in [5.41, 5.74) is 11.9. The number of carbonyl (C=O) groups is 1. The Morgan fingerprint density at radius 1 is 1.16 bits per heavy atom. The van der Waals surface area contributed by atoms with Gasteiger partial charge >= 0.3 is 0 Å². The molecular weight excluding hydrogens is 439 g/mol. The maximum atomic E-state index is 11.0. The maximum absolute atomic E-state index is 11.0. The van der Waals surface area contributed by atoms with Gasteiger partial charge in [0.15, 0.2) is 23.2 Å². The van der Waals surface area contributed by atoms with E-state index in [9.17, 15) is 4.79 Å². The maximum Gasteiger partial charge on any atom is 0.284 e. The van der Waals surface area contributed by atoms with Crippen molar-refractivity contribution in [2.75, 3.05) is 14.2 Å². The molecule has 0 bridgehead atoms. The number of amides is 1. The quantitative estimate of drug-likeness (QED) is 0.328. The molecule has 0 aliphatic rings. The highest BCUT2D eigenvalue weighted by molar-refractivity contribution is 14.0. The Kier molecular flexibility index (Phi) is 8.05. The fourth-order valence-electron chi connectivity index (χ4n) is 1.99. The van der Waals surface area contributed by atoms with Gasteiger partial charge < -0.3 is 30.7 Å². The minimum atomic E-state index is -0.614. The summed E-state index contributed by atoms with van der Waals surface area (Å²) >= 11 is 0. The zero-order valence-corrected chi connectivity index (χ0v) is 16.3. The minimum absolute atomic E-state index is 0. The standard InChI is InChI=1S/C16H20N4O4.HI/c1-22-12-5-3-10(7-14(12)23-2)8-19-16(18)20-9-11-4-6-13(24-11)15(17)21;/h3-7H,8-9H2,1-2H3,(H2,17,21)(H3,18,19,20);1H. The van der Waals surface area contributed by atoms with Crippen molar-refractivity contribution >= 4 is 35.8 Å². The predicted molar refractivity (Wildman–Crippen MR) is 104 cm³/mol. The smallest absolute Gasteiger partial charge is 0.284 e. The Labute approximate surface area is 162 Å². The second kappa shape index (κ2) is 9.77. The molecule has 2 aromatic rings. The van der Waals surface area contributed by atoms with E-state index in [0.717, 1.165) is 5.56 Å². The number of guanidine groups is 1. The second-order valence-electron chi connectivity index (χ2n) is 4.87. The van der Waals surface area contributed by atoms with Crippen LogP contribution in [0.1, 0.15) is 21.9 Å². The third kappa shape index (κ3) is 5.85. The molecule has 1 heterocycles. The van der Waals surface area contributed by atoms with Crippen molar-refractivity contribution in [3.8, 4) is 11.5 Å². The molecule has 0 atom stereocenters. The number of nitrogens with two attached hydrogens (primary N) is 2. The first-order valence-corrected chi connectivity index (χ1v) is 7.16. The van der Waals surface area contributed by atoms with Crippen molar-refractivity contribution < 1.29 is 18.7 Å². The van der Waals surface area contributed by atoms with Crippen molar-refractivity contribution in [1.82, 2.24) is 5.32 Å². The molecule has 1 aromatic carbocycles. The summed E-state index contributed by atoms with van der Waals surface area (Å²) < 4.78 is 15.7. The molecule has 1 amide bonds. The molecule has 0 saturated heterocycles. The molecular formula is C16H21IN4O4. The van der Waals surface area contributed by atoms with Crippen molar-refractivity contribution in [1.29, 1.82) is 0 Å².